The Bertz CT molecular complexity index is 817. The van der Waals surface area contributed by atoms with E-state index >= 15 is 0 Å². The van der Waals surface area contributed by atoms with E-state index in [1.807, 2.05) is 48.2 Å². The monoisotopic (exact) mass is 364 g/mol. The fourth-order valence-corrected chi connectivity index (χ4v) is 3.19. The maximum Gasteiger partial charge on any atom is 0.411 e. The Morgan fingerprint density at radius 3 is 2.63 bits per heavy atom. The van der Waals surface area contributed by atoms with Crippen molar-refractivity contribution < 1.29 is 14.3 Å². The fraction of sp³-hybridized carbons (Fsp3) is 0.273. The highest BCUT2D eigenvalue weighted by Gasteiger charge is 2.27. The van der Waals surface area contributed by atoms with E-state index in [0.29, 0.717) is 11.3 Å². The number of para-hydroxylation sites is 1. The molecule has 1 aliphatic heterocycles. The van der Waals surface area contributed by atoms with Gasteiger partial charge in [0.15, 0.2) is 0 Å². The summed E-state index contributed by atoms with van der Waals surface area (Å²) < 4.78 is 5.19. The van der Waals surface area contributed by atoms with Crippen molar-refractivity contribution in [3.8, 4) is 0 Å². The summed E-state index contributed by atoms with van der Waals surface area (Å²) in [5, 5.41) is 2.69. The predicted octanol–water partition coefficient (Wildman–Crippen LogP) is 4.57. The molecule has 2 aromatic carbocycles. The second-order valence-corrected chi connectivity index (χ2v) is 6.57. The van der Waals surface area contributed by atoms with E-state index < -0.39 is 6.09 Å². The molecule has 2 aromatic rings. The van der Waals surface area contributed by atoms with Crippen molar-refractivity contribution in [2.24, 2.45) is 0 Å². The van der Waals surface area contributed by atoms with Crippen LogP contribution in [0.3, 0.4) is 0 Å². The first-order valence-electron chi connectivity index (χ1n) is 9.20. The minimum absolute atomic E-state index is 0.0557. The summed E-state index contributed by atoms with van der Waals surface area (Å²) >= 11 is 0. The molecule has 1 unspecified atom stereocenters. The molecule has 27 heavy (non-hydrogen) atoms. The second kappa shape index (κ2) is 9.03. The van der Waals surface area contributed by atoms with E-state index in [4.69, 9.17) is 4.74 Å². The highest BCUT2D eigenvalue weighted by Crippen LogP contribution is 2.23. The number of likely N-dealkylation sites (tertiary alicyclic amines) is 1. The van der Waals surface area contributed by atoms with E-state index in [1.54, 1.807) is 30.3 Å². The van der Waals surface area contributed by atoms with Gasteiger partial charge in [-0.15, -0.1) is 0 Å². The van der Waals surface area contributed by atoms with Gasteiger partial charge in [-0.05, 0) is 43.5 Å². The largest absolute Gasteiger partial charge is 0.445 e. The molecule has 0 bridgehead atoms. The number of hydrogen-bond donors (Lipinski definition) is 1. The summed E-state index contributed by atoms with van der Waals surface area (Å²) in [7, 11) is 0. The van der Waals surface area contributed by atoms with Gasteiger partial charge in [0.2, 0.25) is 0 Å². The first-order valence-corrected chi connectivity index (χ1v) is 9.20. The Balaban J connectivity index is 1.58. The molecular formula is C22H24N2O3. The quantitative estimate of drug-likeness (QED) is 0.845. The molecule has 0 aromatic heterocycles. The number of rotatable bonds is 5. The maximum atomic E-state index is 12.8. The number of nitrogens with zero attached hydrogens (tertiary/aromatic N) is 1. The average molecular weight is 364 g/mol. The minimum atomic E-state index is -0.581. The zero-order valence-electron chi connectivity index (χ0n) is 15.4. The van der Waals surface area contributed by atoms with Gasteiger partial charge in [0.05, 0.1) is 11.3 Å². The molecule has 140 valence electrons. The van der Waals surface area contributed by atoms with Crippen LogP contribution in [0.4, 0.5) is 10.5 Å². The Kier molecular flexibility index (Phi) is 6.26. The van der Waals surface area contributed by atoms with Crippen LogP contribution >= 0.6 is 0 Å². The second-order valence-electron chi connectivity index (χ2n) is 6.57. The highest BCUT2D eigenvalue weighted by molar-refractivity contribution is 6.02. The maximum absolute atomic E-state index is 12.8. The average Bonchev–Trinajstić information content (AvgIpc) is 3.12. The Hall–Kier alpha value is -3.08. The van der Waals surface area contributed by atoms with Gasteiger partial charge in [0.1, 0.15) is 6.61 Å². The molecule has 5 heteroatoms. The number of benzene rings is 2. The third-order valence-electron chi connectivity index (χ3n) is 4.63. The van der Waals surface area contributed by atoms with Gasteiger partial charge in [-0.25, -0.2) is 4.79 Å². The number of anilines is 1. The Morgan fingerprint density at radius 1 is 1.15 bits per heavy atom. The first-order chi connectivity index (χ1) is 13.1. The van der Waals surface area contributed by atoms with Crippen LogP contribution in [0.25, 0.3) is 6.08 Å². The number of carbonyl (C=O) groups excluding carboxylic acids is 2. The third-order valence-corrected chi connectivity index (χ3v) is 4.63. The molecule has 1 fully saturated rings. The van der Waals surface area contributed by atoms with Crippen molar-refractivity contribution in [3.63, 3.8) is 0 Å². The Labute approximate surface area is 159 Å². The fourth-order valence-electron chi connectivity index (χ4n) is 3.19. The molecule has 1 N–H and O–H groups in total. The van der Waals surface area contributed by atoms with Gasteiger partial charge in [0.25, 0.3) is 5.91 Å². The summed E-state index contributed by atoms with van der Waals surface area (Å²) in [6, 6.07) is 17.0. The number of carbonyl (C=O) groups is 2. The van der Waals surface area contributed by atoms with Crippen LogP contribution in [0.15, 0.2) is 60.7 Å². The summed E-state index contributed by atoms with van der Waals surface area (Å²) in [6.45, 7) is 2.96. The van der Waals surface area contributed by atoms with Gasteiger partial charge in [-0.2, -0.15) is 0 Å². The lowest BCUT2D eigenvalue weighted by Gasteiger charge is -2.22. The Morgan fingerprint density at radius 2 is 1.89 bits per heavy atom. The van der Waals surface area contributed by atoms with Crippen molar-refractivity contribution in [1.29, 1.82) is 0 Å². The van der Waals surface area contributed by atoms with Gasteiger partial charge in [-0.1, -0.05) is 48.5 Å². The van der Waals surface area contributed by atoms with Gasteiger partial charge < -0.3 is 9.64 Å². The van der Waals surface area contributed by atoms with Crippen LogP contribution in [0.1, 0.15) is 35.7 Å². The smallest absolute Gasteiger partial charge is 0.411 e. The van der Waals surface area contributed by atoms with Gasteiger partial charge in [0, 0.05) is 12.6 Å². The van der Waals surface area contributed by atoms with Crippen molar-refractivity contribution in [2.75, 3.05) is 18.5 Å². The molecule has 1 aliphatic rings. The number of amides is 2. The lowest BCUT2D eigenvalue weighted by atomic mass is 10.1. The van der Waals surface area contributed by atoms with Crippen LogP contribution in [-0.2, 0) is 4.74 Å². The molecule has 0 saturated carbocycles. The van der Waals surface area contributed by atoms with Crippen molar-refractivity contribution in [3.05, 3.63) is 71.8 Å². The normalized spacial score (nSPS) is 16.5. The van der Waals surface area contributed by atoms with Crippen molar-refractivity contribution in [2.45, 2.75) is 25.8 Å². The van der Waals surface area contributed by atoms with E-state index in [9.17, 15) is 9.59 Å². The standard InChI is InChI=1S/C22H24N2O3/c1-17-9-7-15-24(17)21(25)19-13-5-6-14-20(19)23-22(26)27-16-8-12-18-10-3-2-4-11-18/h2-6,8,10-14,17H,7,9,15-16H2,1H3,(H,23,26)/b12-8+. The van der Waals surface area contributed by atoms with Gasteiger partial charge >= 0.3 is 6.09 Å². The topological polar surface area (TPSA) is 58.6 Å². The molecule has 3 rings (SSSR count). The minimum Gasteiger partial charge on any atom is -0.445 e. The zero-order valence-corrected chi connectivity index (χ0v) is 15.4. The summed E-state index contributed by atoms with van der Waals surface area (Å²) in [6.07, 6.45) is 5.11. The zero-order chi connectivity index (χ0) is 19.1. The molecule has 0 radical (unpaired) electrons. The summed E-state index contributed by atoms with van der Waals surface area (Å²) in [5.74, 6) is -0.0557. The van der Waals surface area contributed by atoms with E-state index in [-0.39, 0.29) is 18.6 Å². The molecule has 1 atom stereocenters. The number of ether oxygens (including phenoxy) is 1. The van der Waals surface area contributed by atoms with Crippen molar-refractivity contribution >= 4 is 23.8 Å². The molecule has 0 aliphatic carbocycles. The molecule has 1 heterocycles. The number of nitrogens with one attached hydrogen (secondary N) is 1. The number of hydrogen-bond acceptors (Lipinski definition) is 3. The molecule has 2 amide bonds. The van der Waals surface area contributed by atoms with E-state index in [0.717, 1.165) is 24.9 Å². The lowest BCUT2D eigenvalue weighted by Crippen LogP contribution is -2.34. The summed E-state index contributed by atoms with van der Waals surface area (Å²) in [4.78, 5) is 26.7. The first kappa shape index (κ1) is 18.7. The molecular weight excluding hydrogens is 340 g/mol. The molecule has 1 saturated heterocycles. The predicted molar refractivity (Wildman–Crippen MR) is 107 cm³/mol. The van der Waals surface area contributed by atoms with Crippen LogP contribution < -0.4 is 5.32 Å². The highest BCUT2D eigenvalue weighted by atomic mass is 16.5. The van der Waals surface area contributed by atoms with Crippen LogP contribution in [0.5, 0.6) is 0 Å². The molecule has 5 nitrogen and oxygen atoms in total. The lowest BCUT2D eigenvalue weighted by molar-refractivity contribution is 0.0748. The van der Waals surface area contributed by atoms with E-state index in [1.165, 1.54) is 0 Å². The van der Waals surface area contributed by atoms with E-state index in [2.05, 4.69) is 5.32 Å². The van der Waals surface area contributed by atoms with Crippen LogP contribution in [0.2, 0.25) is 0 Å². The van der Waals surface area contributed by atoms with Crippen molar-refractivity contribution in [1.82, 2.24) is 4.90 Å². The SMILES string of the molecule is CC1CCCN1C(=O)c1ccccc1NC(=O)OC/C=C/c1ccccc1. The van der Waals surface area contributed by atoms with Crippen LogP contribution in [-0.4, -0.2) is 36.1 Å². The molecule has 0 spiro atoms. The van der Waals surface area contributed by atoms with Crippen LogP contribution in [0, 0.1) is 0 Å². The van der Waals surface area contributed by atoms with Gasteiger partial charge in [-0.3, -0.25) is 10.1 Å². The summed E-state index contributed by atoms with van der Waals surface area (Å²) in [5.41, 5.74) is 2.00. The third kappa shape index (κ3) is 4.97.